The molecule has 118 valence electrons. The van der Waals surface area contributed by atoms with Crippen LogP contribution in [0, 0.1) is 0 Å². The van der Waals surface area contributed by atoms with Crippen LogP contribution in [-0.2, 0) is 6.18 Å². The molecule has 0 amide bonds. The summed E-state index contributed by atoms with van der Waals surface area (Å²) in [7, 11) is 1.34. The van der Waals surface area contributed by atoms with Gasteiger partial charge in [0.1, 0.15) is 11.6 Å². The number of nitrogens with zero attached hydrogens (tertiary/aromatic N) is 1. The van der Waals surface area contributed by atoms with Gasteiger partial charge in [-0.25, -0.2) is 4.98 Å². The number of halogens is 3. The molecule has 0 bridgehead atoms. The number of methoxy groups -OCH3 is 1. The minimum atomic E-state index is -4.50. The molecule has 0 radical (unpaired) electrons. The van der Waals surface area contributed by atoms with Crippen LogP contribution in [0.4, 0.5) is 13.2 Å². The number of H-pyrrole nitrogens is 1. The second-order valence-corrected chi connectivity index (χ2v) is 4.84. The molecule has 2 aromatic carbocycles. The van der Waals surface area contributed by atoms with E-state index in [0.29, 0.717) is 10.9 Å². The standard InChI is InChI=1S/C16H11F3N2O2/c1-23-13-7-6-9(16(17,18)19)8-11(13)14-20-12-5-3-2-4-10(12)15(22)21-14/h2-8H,1H3,(H,20,21,22). The van der Waals surface area contributed by atoms with E-state index in [1.54, 1.807) is 24.3 Å². The second kappa shape index (κ2) is 5.42. The molecule has 7 heteroatoms. The van der Waals surface area contributed by atoms with E-state index < -0.39 is 17.3 Å². The van der Waals surface area contributed by atoms with Gasteiger partial charge in [-0.2, -0.15) is 13.2 Å². The Bertz CT molecular complexity index is 932. The molecule has 1 aromatic heterocycles. The van der Waals surface area contributed by atoms with Gasteiger partial charge in [-0.15, -0.1) is 0 Å². The SMILES string of the molecule is COc1ccc(C(F)(F)F)cc1-c1nc2ccccc2c(=O)[nH]1. The molecule has 0 fully saturated rings. The van der Waals surface area contributed by atoms with Crippen LogP contribution in [-0.4, -0.2) is 17.1 Å². The van der Waals surface area contributed by atoms with Crippen molar-refractivity contribution in [1.29, 1.82) is 0 Å². The van der Waals surface area contributed by atoms with Crippen LogP contribution in [0.15, 0.2) is 47.3 Å². The zero-order chi connectivity index (χ0) is 16.6. The number of aromatic amines is 1. The number of benzene rings is 2. The summed E-state index contributed by atoms with van der Waals surface area (Å²) in [5.41, 5.74) is -0.801. The number of nitrogens with one attached hydrogen (secondary N) is 1. The van der Waals surface area contributed by atoms with Gasteiger partial charge in [-0.3, -0.25) is 4.79 Å². The van der Waals surface area contributed by atoms with Gasteiger partial charge >= 0.3 is 6.18 Å². The predicted octanol–water partition coefficient (Wildman–Crippen LogP) is 3.62. The molecule has 0 saturated carbocycles. The molecule has 0 aliphatic rings. The van der Waals surface area contributed by atoms with E-state index in [1.807, 2.05) is 0 Å². The molecule has 0 spiro atoms. The molecule has 0 unspecified atom stereocenters. The molecule has 4 nitrogen and oxygen atoms in total. The lowest BCUT2D eigenvalue weighted by atomic mass is 10.1. The first-order chi connectivity index (χ1) is 10.9. The van der Waals surface area contributed by atoms with Crippen LogP contribution in [0.3, 0.4) is 0 Å². The van der Waals surface area contributed by atoms with Crippen molar-refractivity contribution >= 4 is 10.9 Å². The Hall–Kier alpha value is -2.83. The van der Waals surface area contributed by atoms with Gasteiger partial charge in [-0.1, -0.05) is 12.1 Å². The van der Waals surface area contributed by atoms with Gasteiger partial charge in [0.25, 0.3) is 5.56 Å². The molecule has 0 saturated heterocycles. The maximum absolute atomic E-state index is 12.9. The van der Waals surface area contributed by atoms with E-state index in [4.69, 9.17) is 4.74 Å². The lowest BCUT2D eigenvalue weighted by Gasteiger charge is -2.12. The summed E-state index contributed by atoms with van der Waals surface area (Å²) < 4.78 is 43.8. The van der Waals surface area contributed by atoms with E-state index in [2.05, 4.69) is 9.97 Å². The highest BCUT2D eigenvalue weighted by Crippen LogP contribution is 2.35. The number of aromatic nitrogens is 2. The van der Waals surface area contributed by atoms with E-state index in [0.717, 1.165) is 12.1 Å². The number of hydrogen-bond donors (Lipinski definition) is 1. The fourth-order valence-corrected chi connectivity index (χ4v) is 2.28. The van der Waals surface area contributed by atoms with Crippen LogP contribution in [0.25, 0.3) is 22.3 Å². The Labute approximate surface area is 128 Å². The summed E-state index contributed by atoms with van der Waals surface area (Å²) in [5.74, 6) is 0.216. The summed E-state index contributed by atoms with van der Waals surface area (Å²) in [6.07, 6.45) is -4.50. The van der Waals surface area contributed by atoms with Gasteiger partial charge in [0.05, 0.1) is 29.1 Å². The van der Waals surface area contributed by atoms with Gasteiger partial charge < -0.3 is 9.72 Å². The van der Waals surface area contributed by atoms with Crippen molar-refractivity contribution in [2.45, 2.75) is 6.18 Å². The molecule has 3 aromatic rings. The lowest BCUT2D eigenvalue weighted by Crippen LogP contribution is -2.11. The minimum Gasteiger partial charge on any atom is -0.496 e. The highest BCUT2D eigenvalue weighted by Gasteiger charge is 2.31. The largest absolute Gasteiger partial charge is 0.496 e. The Kier molecular flexibility index (Phi) is 3.55. The van der Waals surface area contributed by atoms with E-state index in [1.165, 1.54) is 13.2 Å². The second-order valence-electron chi connectivity index (χ2n) is 4.84. The summed E-state index contributed by atoms with van der Waals surface area (Å²) in [4.78, 5) is 18.8. The molecule has 3 rings (SSSR count). The van der Waals surface area contributed by atoms with Crippen molar-refractivity contribution in [2.75, 3.05) is 7.11 Å². The molecule has 0 aliphatic heterocycles. The highest BCUT2D eigenvalue weighted by molar-refractivity contribution is 5.80. The number of ether oxygens (including phenoxy) is 1. The van der Waals surface area contributed by atoms with E-state index in [9.17, 15) is 18.0 Å². The topological polar surface area (TPSA) is 55.0 Å². The third-order valence-electron chi connectivity index (χ3n) is 3.39. The molecule has 0 atom stereocenters. The Morgan fingerprint density at radius 3 is 2.57 bits per heavy atom. The van der Waals surface area contributed by atoms with Crippen molar-refractivity contribution in [3.63, 3.8) is 0 Å². The molecular weight excluding hydrogens is 309 g/mol. The van der Waals surface area contributed by atoms with Crippen LogP contribution in [0.5, 0.6) is 5.75 Å². The molecule has 0 aliphatic carbocycles. The third kappa shape index (κ3) is 2.77. The monoisotopic (exact) mass is 320 g/mol. The van der Waals surface area contributed by atoms with E-state index >= 15 is 0 Å². The first kappa shape index (κ1) is 15.1. The van der Waals surface area contributed by atoms with Crippen LogP contribution in [0.1, 0.15) is 5.56 Å². The number of rotatable bonds is 2. The fourth-order valence-electron chi connectivity index (χ4n) is 2.28. The van der Waals surface area contributed by atoms with Gasteiger partial charge in [0, 0.05) is 0 Å². The van der Waals surface area contributed by atoms with Crippen molar-refractivity contribution in [2.24, 2.45) is 0 Å². The zero-order valence-corrected chi connectivity index (χ0v) is 11.9. The van der Waals surface area contributed by atoms with Crippen LogP contribution < -0.4 is 10.3 Å². The zero-order valence-electron chi connectivity index (χ0n) is 11.9. The summed E-state index contributed by atoms with van der Waals surface area (Å²) in [6, 6.07) is 9.62. The lowest BCUT2D eigenvalue weighted by molar-refractivity contribution is -0.137. The minimum absolute atomic E-state index is 0.0247. The first-order valence-corrected chi connectivity index (χ1v) is 6.65. The fraction of sp³-hybridized carbons (Fsp3) is 0.125. The normalized spacial score (nSPS) is 11.7. The van der Waals surface area contributed by atoms with E-state index in [-0.39, 0.29) is 17.1 Å². The maximum Gasteiger partial charge on any atom is 0.416 e. The maximum atomic E-state index is 12.9. The average molecular weight is 320 g/mol. The Balaban J connectivity index is 2.27. The summed E-state index contributed by atoms with van der Waals surface area (Å²) >= 11 is 0. The summed E-state index contributed by atoms with van der Waals surface area (Å²) in [5, 5.41) is 0.363. The number of alkyl halides is 3. The average Bonchev–Trinajstić information content (AvgIpc) is 2.53. The third-order valence-corrected chi connectivity index (χ3v) is 3.39. The quantitative estimate of drug-likeness (QED) is 0.784. The first-order valence-electron chi connectivity index (χ1n) is 6.65. The van der Waals surface area contributed by atoms with Crippen molar-refractivity contribution in [3.05, 3.63) is 58.4 Å². The molecular formula is C16H11F3N2O2. The number of para-hydroxylation sites is 1. The van der Waals surface area contributed by atoms with Crippen molar-refractivity contribution in [1.82, 2.24) is 9.97 Å². The smallest absolute Gasteiger partial charge is 0.416 e. The highest BCUT2D eigenvalue weighted by atomic mass is 19.4. The van der Waals surface area contributed by atoms with Gasteiger partial charge in [0.15, 0.2) is 0 Å². The Morgan fingerprint density at radius 2 is 1.87 bits per heavy atom. The van der Waals surface area contributed by atoms with Crippen LogP contribution in [0.2, 0.25) is 0 Å². The molecule has 23 heavy (non-hydrogen) atoms. The van der Waals surface area contributed by atoms with Crippen molar-refractivity contribution in [3.8, 4) is 17.1 Å². The summed E-state index contributed by atoms with van der Waals surface area (Å²) in [6.45, 7) is 0. The Morgan fingerprint density at radius 1 is 1.13 bits per heavy atom. The van der Waals surface area contributed by atoms with Gasteiger partial charge in [0.2, 0.25) is 0 Å². The molecule has 1 N–H and O–H groups in total. The predicted molar refractivity (Wildman–Crippen MR) is 79.4 cm³/mol. The number of fused-ring (bicyclic) bond motifs is 1. The van der Waals surface area contributed by atoms with Crippen LogP contribution >= 0.6 is 0 Å². The molecule has 1 heterocycles. The number of hydrogen-bond acceptors (Lipinski definition) is 3. The van der Waals surface area contributed by atoms with Gasteiger partial charge in [-0.05, 0) is 30.3 Å². The van der Waals surface area contributed by atoms with Crippen molar-refractivity contribution < 1.29 is 17.9 Å².